The van der Waals surface area contributed by atoms with Gasteiger partial charge in [-0.3, -0.25) is 14.3 Å². The number of carbonyl (C=O) groups excluding carboxylic acids is 1. The summed E-state index contributed by atoms with van der Waals surface area (Å²) in [6.45, 7) is 0.376. The van der Waals surface area contributed by atoms with E-state index in [4.69, 9.17) is 0 Å². The zero-order valence-electron chi connectivity index (χ0n) is 17.7. The van der Waals surface area contributed by atoms with Crippen molar-refractivity contribution in [2.75, 3.05) is 6.54 Å². The molecule has 0 spiro atoms. The van der Waals surface area contributed by atoms with Crippen LogP contribution in [0.4, 0.5) is 17.6 Å². The summed E-state index contributed by atoms with van der Waals surface area (Å²) in [6.07, 6.45) is -2.49. The second-order valence-electron chi connectivity index (χ2n) is 8.50. The van der Waals surface area contributed by atoms with Gasteiger partial charge in [-0.2, -0.15) is 18.3 Å². The monoisotopic (exact) mass is 473 g/mol. The maximum Gasteiger partial charge on any atom is 0.416 e. The van der Waals surface area contributed by atoms with Gasteiger partial charge in [0.25, 0.3) is 5.91 Å². The number of hydrogen-bond donors (Lipinski definition) is 1. The zero-order chi connectivity index (χ0) is 24.2. The maximum atomic E-state index is 13.7. The first-order valence-corrected chi connectivity index (χ1v) is 10.7. The second kappa shape index (κ2) is 7.96. The fourth-order valence-corrected chi connectivity index (χ4v) is 5.11. The Bertz CT molecular complexity index is 1320. The first-order valence-electron chi connectivity index (χ1n) is 10.7. The molecule has 3 aromatic rings. The molecule has 1 amide bonds. The van der Waals surface area contributed by atoms with Crippen molar-refractivity contribution in [2.45, 2.75) is 37.0 Å². The van der Waals surface area contributed by atoms with E-state index < -0.39 is 52.6 Å². The Kier molecular flexibility index (Phi) is 5.18. The Balaban J connectivity index is 1.77. The molecule has 3 atom stereocenters. The highest BCUT2D eigenvalue weighted by Crippen LogP contribution is 2.46. The number of alkyl halides is 3. The molecule has 0 unspecified atom stereocenters. The van der Waals surface area contributed by atoms with Gasteiger partial charge in [-0.15, -0.1) is 0 Å². The van der Waals surface area contributed by atoms with E-state index in [1.807, 2.05) is 0 Å². The number of halogens is 4. The number of fused-ring (bicyclic) bond motifs is 2. The van der Waals surface area contributed by atoms with Gasteiger partial charge in [0.2, 0.25) is 5.43 Å². The quantitative estimate of drug-likeness (QED) is 0.582. The third kappa shape index (κ3) is 3.53. The van der Waals surface area contributed by atoms with Crippen LogP contribution in [0.5, 0.6) is 5.75 Å². The molecule has 6 nitrogen and oxygen atoms in total. The van der Waals surface area contributed by atoms with E-state index in [0.717, 1.165) is 18.3 Å². The minimum atomic E-state index is -4.58. The van der Waals surface area contributed by atoms with Crippen molar-refractivity contribution >= 4 is 5.91 Å². The maximum absolute atomic E-state index is 13.7. The fourth-order valence-electron chi connectivity index (χ4n) is 5.11. The Hall–Kier alpha value is -3.69. The Morgan fingerprint density at radius 2 is 1.79 bits per heavy atom. The highest BCUT2D eigenvalue weighted by atomic mass is 19.4. The van der Waals surface area contributed by atoms with Crippen LogP contribution in [0.3, 0.4) is 0 Å². The van der Waals surface area contributed by atoms with Gasteiger partial charge in [0.15, 0.2) is 11.4 Å². The molecule has 2 aliphatic heterocycles. The largest absolute Gasteiger partial charge is 0.502 e. The molecule has 2 aromatic carbocycles. The van der Waals surface area contributed by atoms with Gasteiger partial charge in [-0.05, 0) is 42.2 Å². The average Bonchev–Trinajstić information content (AvgIpc) is 3.29. The minimum absolute atomic E-state index is 0.290. The van der Waals surface area contributed by atoms with E-state index in [0.29, 0.717) is 30.5 Å². The molecule has 176 valence electrons. The zero-order valence-corrected chi connectivity index (χ0v) is 17.7. The van der Waals surface area contributed by atoms with Gasteiger partial charge in [0.1, 0.15) is 5.82 Å². The van der Waals surface area contributed by atoms with Crippen LogP contribution in [0.25, 0.3) is 0 Å². The minimum Gasteiger partial charge on any atom is -0.502 e. The average molecular weight is 473 g/mol. The lowest BCUT2D eigenvalue weighted by atomic mass is 9.79. The number of nitrogens with zero attached hydrogens (tertiary/aromatic N) is 3. The van der Waals surface area contributed by atoms with Crippen molar-refractivity contribution in [1.82, 2.24) is 14.7 Å². The molecule has 1 fully saturated rings. The van der Waals surface area contributed by atoms with Crippen LogP contribution < -0.4 is 5.43 Å². The lowest BCUT2D eigenvalue weighted by Gasteiger charge is -2.42. The highest BCUT2D eigenvalue weighted by molar-refractivity contribution is 5.96. The van der Waals surface area contributed by atoms with Gasteiger partial charge in [0, 0.05) is 12.5 Å². The molecule has 1 aromatic heterocycles. The van der Waals surface area contributed by atoms with Crippen LogP contribution >= 0.6 is 0 Å². The van der Waals surface area contributed by atoms with E-state index in [9.17, 15) is 32.3 Å². The van der Waals surface area contributed by atoms with Crippen LogP contribution in [0.2, 0.25) is 0 Å². The summed E-state index contributed by atoms with van der Waals surface area (Å²) in [7, 11) is 0. The first-order chi connectivity index (χ1) is 16.2. The van der Waals surface area contributed by atoms with E-state index >= 15 is 0 Å². The Morgan fingerprint density at radius 3 is 2.50 bits per heavy atom. The summed E-state index contributed by atoms with van der Waals surface area (Å²) in [6, 6.07) is 9.05. The van der Waals surface area contributed by atoms with Crippen molar-refractivity contribution in [3.8, 4) is 5.75 Å². The molecule has 10 heteroatoms. The summed E-state index contributed by atoms with van der Waals surface area (Å²) in [4.78, 5) is 26.7. The molecule has 34 heavy (non-hydrogen) atoms. The molecule has 0 aliphatic carbocycles. The Labute approximate surface area is 191 Å². The van der Waals surface area contributed by atoms with Gasteiger partial charge in [-0.25, -0.2) is 4.39 Å². The van der Waals surface area contributed by atoms with Gasteiger partial charge >= 0.3 is 6.18 Å². The number of carbonyl (C=O) groups is 1. The fraction of sp³-hybridized carbons (Fsp3) is 0.292. The molecular formula is C24H19F4N3O3. The summed E-state index contributed by atoms with van der Waals surface area (Å²) in [5.41, 5.74) is -1.16. The third-order valence-corrected chi connectivity index (χ3v) is 6.57. The number of aromatic hydroxyl groups is 1. The molecule has 0 bridgehead atoms. The van der Waals surface area contributed by atoms with E-state index in [2.05, 4.69) is 5.10 Å². The second-order valence-corrected chi connectivity index (χ2v) is 8.50. The van der Waals surface area contributed by atoms with Crippen LogP contribution in [0.15, 0.2) is 59.5 Å². The number of aromatic nitrogens is 2. The third-order valence-electron chi connectivity index (χ3n) is 6.57. The van der Waals surface area contributed by atoms with Crippen molar-refractivity contribution in [3.63, 3.8) is 0 Å². The summed E-state index contributed by atoms with van der Waals surface area (Å²) in [5, 5.41) is 14.6. The molecule has 1 N–H and O–H groups in total. The number of rotatable bonds is 3. The highest BCUT2D eigenvalue weighted by Gasteiger charge is 2.48. The van der Waals surface area contributed by atoms with Crippen molar-refractivity contribution in [1.29, 1.82) is 0 Å². The first kappa shape index (κ1) is 22.1. The molecule has 0 radical (unpaired) electrons. The van der Waals surface area contributed by atoms with Crippen LogP contribution in [0.1, 0.15) is 52.0 Å². The number of hydrogen-bond acceptors (Lipinski definition) is 4. The van der Waals surface area contributed by atoms with Gasteiger partial charge in [-0.1, -0.05) is 30.3 Å². The lowest BCUT2D eigenvalue weighted by Crippen LogP contribution is -2.50. The molecule has 5 rings (SSSR count). The van der Waals surface area contributed by atoms with Gasteiger partial charge in [0.05, 0.1) is 23.8 Å². The topological polar surface area (TPSA) is 75.4 Å². The van der Waals surface area contributed by atoms with E-state index in [1.165, 1.54) is 39.9 Å². The summed E-state index contributed by atoms with van der Waals surface area (Å²) < 4.78 is 55.6. The van der Waals surface area contributed by atoms with E-state index in [-0.39, 0.29) is 5.69 Å². The van der Waals surface area contributed by atoms with Crippen LogP contribution in [-0.2, 0) is 6.18 Å². The predicted octanol–water partition coefficient (Wildman–Crippen LogP) is 4.10. The summed E-state index contributed by atoms with van der Waals surface area (Å²) >= 11 is 0. The predicted molar refractivity (Wildman–Crippen MR) is 113 cm³/mol. The standard InChI is InChI=1S/C24H19F4N3O3/c25-16-8-6-13(7-9-16)19(14-3-1-4-15(11-14)24(26,27)28)20-17-5-2-10-30(17)23(34)21-22(33)18(32)12-29-31(20)21/h1,3-4,6-9,11-12,17,19-20,33H,2,5,10H2/t17-,19-,20-/m1/s1. The van der Waals surface area contributed by atoms with Crippen molar-refractivity contribution in [3.05, 3.63) is 93.2 Å². The molecular weight excluding hydrogens is 454 g/mol. The number of benzene rings is 2. The van der Waals surface area contributed by atoms with Crippen molar-refractivity contribution < 1.29 is 27.5 Å². The van der Waals surface area contributed by atoms with Crippen molar-refractivity contribution in [2.24, 2.45) is 0 Å². The summed E-state index contributed by atoms with van der Waals surface area (Å²) in [5.74, 6) is -2.59. The van der Waals surface area contributed by atoms with Crippen LogP contribution in [0, 0.1) is 5.82 Å². The van der Waals surface area contributed by atoms with E-state index in [1.54, 1.807) is 6.07 Å². The molecule has 3 heterocycles. The molecule has 2 aliphatic rings. The SMILES string of the molecule is O=C1c2c(O)c(=O)cnn2[C@@H]([C@H](c2ccc(F)cc2)c2cccc(C(F)(F)F)c2)[C@H]2CCCN12. The number of amides is 1. The molecule has 1 saturated heterocycles. The molecule has 0 saturated carbocycles. The van der Waals surface area contributed by atoms with Gasteiger partial charge < -0.3 is 10.0 Å². The normalized spacial score (nSPS) is 20.7. The Morgan fingerprint density at radius 1 is 1.06 bits per heavy atom. The smallest absolute Gasteiger partial charge is 0.416 e. The van der Waals surface area contributed by atoms with Crippen LogP contribution in [-0.4, -0.2) is 38.3 Å². The lowest BCUT2D eigenvalue weighted by molar-refractivity contribution is -0.137.